The first-order valence-corrected chi connectivity index (χ1v) is 21.1. The van der Waals surface area contributed by atoms with Crippen LogP contribution in [-0.2, 0) is 10.8 Å². The smallest absolute Gasteiger partial charge is 0.137 e. The summed E-state index contributed by atoms with van der Waals surface area (Å²) in [5.41, 5.74) is 11.6. The summed E-state index contributed by atoms with van der Waals surface area (Å²) in [6.07, 6.45) is 4.25. The van der Waals surface area contributed by atoms with Crippen LogP contribution >= 0.6 is 0 Å². The van der Waals surface area contributed by atoms with Gasteiger partial charge in [0.1, 0.15) is 17.3 Å². The van der Waals surface area contributed by atoms with Crippen LogP contribution in [0.4, 0.5) is 11.4 Å². The van der Waals surface area contributed by atoms with Gasteiger partial charge in [0.2, 0.25) is 0 Å². The largest absolute Gasteiger partial charge is 0.457 e. The minimum Gasteiger partial charge on any atom is -0.457 e. The van der Waals surface area contributed by atoms with Gasteiger partial charge in [-0.3, -0.25) is 4.57 Å². The average molecular weight is 787 g/mol. The van der Waals surface area contributed by atoms with Crippen LogP contribution in [0.5, 0.6) is 11.5 Å². The van der Waals surface area contributed by atoms with Gasteiger partial charge >= 0.3 is 0 Å². The fourth-order valence-electron chi connectivity index (χ4n) is 8.54. The number of hydrogen-bond acceptors (Lipinski definition) is 4. The summed E-state index contributed by atoms with van der Waals surface area (Å²) in [6.45, 7) is 18.9. The van der Waals surface area contributed by atoms with Gasteiger partial charge in [0, 0.05) is 63.2 Å². The van der Waals surface area contributed by atoms with E-state index in [0.29, 0.717) is 6.67 Å². The zero-order chi connectivity index (χ0) is 41.8. The summed E-state index contributed by atoms with van der Waals surface area (Å²) in [5.74, 6) is 2.45. The maximum Gasteiger partial charge on any atom is 0.137 e. The predicted octanol–water partition coefficient (Wildman–Crippen LogP) is 14.4. The first kappa shape index (κ1) is 38.9. The molecule has 0 saturated heterocycles. The standard InChI is InChI=1S/C55H54N4O/c1-53(2,3)41-29-30-56-52(33-41)59-49-28-25-39(38-17-11-9-12-18-38)31-48(49)47-27-26-46(35-50(47)59)60-45-24-16-23-44(34-45)58-37-57(36-51(58)54(4,5)6)43-22-15-21-42(32-43)55(7,8)40-19-13-10-14-20-40/h9-36H,37H2,1-8H3. The number of rotatable bonds is 8. The molecular weight excluding hydrogens is 733 g/mol. The molecule has 6 aromatic carbocycles. The van der Waals surface area contributed by atoms with Crippen LogP contribution in [0.25, 0.3) is 38.8 Å². The molecule has 0 aliphatic carbocycles. The molecule has 8 aromatic rings. The molecule has 5 nitrogen and oxygen atoms in total. The van der Waals surface area contributed by atoms with E-state index in [1.165, 1.54) is 44.6 Å². The molecule has 2 aromatic heterocycles. The molecular formula is C55H54N4O. The van der Waals surface area contributed by atoms with E-state index in [1.807, 2.05) is 12.3 Å². The van der Waals surface area contributed by atoms with Crippen molar-refractivity contribution in [1.29, 1.82) is 0 Å². The third kappa shape index (κ3) is 7.34. The second kappa shape index (κ2) is 14.9. The predicted molar refractivity (Wildman–Crippen MR) is 252 cm³/mol. The number of allylic oxidation sites excluding steroid dienone is 1. The van der Waals surface area contributed by atoms with E-state index >= 15 is 0 Å². The van der Waals surface area contributed by atoms with Gasteiger partial charge in [-0.05, 0) is 93.9 Å². The number of fused-ring (bicyclic) bond motifs is 3. The molecule has 1 aliphatic rings. The van der Waals surface area contributed by atoms with Gasteiger partial charge in [-0.1, -0.05) is 140 Å². The van der Waals surface area contributed by atoms with Crippen molar-refractivity contribution in [1.82, 2.24) is 9.55 Å². The Morgan fingerprint density at radius 2 is 1.20 bits per heavy atom. The second-order valence-corrected chi connectivity index (χ2v) is 18.7. The summed E-state index contributed by atoms with van der Waals surface area (Å²) < 4.78 is 9.06. The number of anilines is 2. The Kier molecular flexibility index (Phi) is 9.66. The highest BCUT2D eigenvalue weighted by molar-refractivity contribution is 6.10. The minimum atomic E-state index is -0.131. The van der Waals surface area contributed by atoms with E-state index in [9.17, 15) is 0 Å². The van der Waals surface area contributed by atoms with Crippen molar-refractivity contribution in [2.24, 2.45) is 5.41 Å². The van der Waals surface area contributed by atoms with E-state index in [4.69, 9.17) is 9.72 Å². The number of ether oxygens (including phenoxy) is 1. The van der Waals surface area contributed by atoms with Crippen molar-refractivity contribution in [2.75, 3.05) is 16.5 Å². The monoisotopic (exact) mass is 786 g/mol. The molecule has 0 saturated carbocycles. The maximum atomic E-state index is 6.78. The Morgan fingerprint density at radius 1 is 0.500 bits per heavy atom. The molecule has 0 N–H and O–H groups in total. The van der Waals surface area contributed by atoms with Crippen molar-refractivity contribution in [3.8, 4) is 28.4 Å². The van der Waals surface area contributed by atoms with Gasteiger partial charge in [0.25, 0.3) is 0 Å². The van der Waals surface area contributed by atoms with E-state index in [-0.39, 0.29) is 16.2 Å². The number of nitrogens with zero attached hydrogens (tertiary/aromatic N) is 4. The molecule has 60 heavy (non-hydrogen) atoms. The van der Waals surface area contributed by atoms with Crippen molar-refractivity contribution in [3.05, 3.63) is 193 Å². The summed E-state index contributed by atoms with van der Waals surface area (Å²) in [4.78, 5) is 9.73. The van der Waals surface area contributed by atoms with Crippen LogP contribution in [0.3, 0.4) is 0 Å². The molecule has 0 spiro atoms. The van der Waals surface area contributed by atoms with E-state index in [1.54, 1.807) is 0 Å². The number of pyridine rings is 1. The summed E-state index contributed by atoms with van der Waals surface area (Å²) in [6, 6.07) is 56.4. The van der Waals surface area contributed by atoms with Gasteiger partial charge in [-0.25, -0.2) is 4.98 Å². The van der Waals surface area contributed by atoms with Crippen molar-refractivity contribution in [3.63, 3.8) is 0 Å². The lowest BCUT2D eigenvalue weighted by Crippen LogP contribution is -2.30. The Hall–Kier alpha value is -6.59. The van der Waals surface area contributed by atoms with Crippen LogP contribution in [0.15, 0.2) is 176 Å². The lowest BCUT2D eigenvalue weighted by Gasteiger charge is -2.31. The van der Waals surface area contributed by atoms with Gasteiger partial charge in [-0.15, -0.1) is 0 Å². The van der Waals surface area contributed by atoms with Crippen molar-refractivity contribution >= 4 is 33.2 Å². The molecule has 0 atom stereocenters. The van der Waals surface area contributed by atoms with Gasteiger partial charge in [0.05, 0.1) is 17.7 Å². The Bertz CT molecular complexity index is 2870. The van der Waals surface area contributed by atoms with Gasteiger partial charge < -0.3 is 14.5 Å². The highest BCUT2D eigenvalue weighted by Crippen LogP contribution is 2.42. The highest BCUT2D eigenvalue weighted by atomic mass is 16.5. The van der Waals surface area contributed by atoms with Gasteiger partial charge in [-0.2, -0.15) is 0 Å². The molecule has 300 valence electrons. The molecule has 0 radical (unpaired) electrons. The lowest BCUT2D eigenvalue weighted by molar-refractivity contribution is 0.481. The molecule has 3 heterocycles. The third-order valence-corrected chi connectivity index (χ3v) is 12.1. The first-order chi connectivity index (χ1) is 28.7. The lowest BCUT2D eigenvalue weighted by atomic mass is 9.78. The van der Waals surface area contributed by atoms with Crippen molar-refractivity contribution in [2.45, 2.75) is 66.2 Å². The molecule has 1 aliphatic heterocycles. The number of benzene rings is 6. The van der Waals surface area contributed by atoms with Gasteiger partial charge in [0.15, 0.2) is 0 Å². The molecule has 0 amide bonds. The molecule has 5 heteroatoms. The fourth-order valence-corrected chi connectivity index (χ4v) is 8.54. The molecule has 0 fully saturated rings. The summed E-state index contributed by atoms with van der Waals surface area (Å²) in [5, 5.41) is 2.33. The number of hydrogen-bond donors (Lipinski definition) is 0. The van der Waals surface area contributed by atoms with E-state index in [0.717, 1.165) is 39.4 Å². The van der Waals surface area contributed by atoms with E-state index in [2.05, 4.69) is 228 Å². The van der Waals surface area contributed by atoms with E-state index < -0.39 is 0 Å². The fraction of sp³-hybridized carbons (Fsp3) is 0.218. The zero-order valence-electron chi connectivity index (χ0n) is 36.1. The maximum absolute atomic E-state index is 6.78. The highest BCUT2D eigenvalue weighted by Gasteiger charge is 2.32. The summed E-state index contributed by atoms with van der Waals surface area (Å²) >= 11 is 0. The van der Waals surface area contributed by atoms with Crippen molar-refractivity contribution < 1.29 is 4.74 Å². The topological polar surface area (TPSA) is 33.5 Å². The Morgan fingerprint density at radius 3 is 1.95 bits per heavy atom. The Balaban J connectivity index is 1.06. The van der Waals surface area contributed by atoms with Crippen LogP contribution in [0.1, 0.15) is 72.1 Å². The average Bonchev–Trinajstić information content (AvgIpc) is 3.85. The van der Waals surface area contributed by atoms with Crippen LogP contribution in [0, 0.1) is 5.41 Å². The number of aromatic nitrogens is 2. The minimum absolute atomic E-state index is 0.0199. The molecule has 9 rings (SSSR count). The molecule has 0 bridgehead atoms. The van der Waals surface area contributed by atoms with Crippen LogP contribution < -0.4 is 14.5 Å². The first-order valence-electron chi connectivity index (χ1n) is 21.1. The SMILES string of the molecule is CC(C)(C)C1=CN(c2cccc(C(C)(C)c3ccccc3)c2)CN1c1cccc(Oc2ccc3c4cc(-c5ccccc5)ccc4n(-c4cc(C(C)(C)C)ccn4)c3c2)c1. The second-order valence-electron chi connectivity index (χ2n) is 18.7. The van der Waals surface area contributed by atoms with Crippen LogP contribution in [0.2, 0.25) is 0 Å². The van der Waals surface area contributed by atoms with Crippen LogP contribution in [-0.4, -0.2) is 16.2 Å². The quantitative estimate of drug-likeness (QED) is 0.154. The Labute approximate surface area is 355 Å². The third-order valence-electron chi connectivity index (χ3n) is 12.1. The molecule has 0 unspecified atom stereocenters. The normalized spacial score (nSPS) is 13.6. The zero-order valence-corrected chi connectivity index (χ0v) is 36.1. The summed E-state index contributed by atoms with van der Waals surface area (Å²) in [7, 11) is 0.